The standard InChI is InChI=1S/C10H10FN3S/c1-15-9-3-2-6(4-7(9)11)8-5-10(12)14-13-8/h2-5H,1H3,(H3,12,13,14). The SMILES string of the molecule is CSc1ccc(-c2cc(N)n[nH]2)cc1F. The quantitative estimate of drug-likeness (QED) is 0.769. The summed E-state index contributed by atoms with van der Waals surface area (Å²) in [6.45, 7) is 0. The smallest absolute Gasteiger partial charge is 0.145 e. The summed E-state index contributed by atoms with van der Waals surface area (Å²) in [5.41, 5.74) is 6.94. The maximum absolute atomic E-state index is 13.5. The third-order valence-electron chi connectivity index (χ3n) is 2.06. The van der Waals surface area contributed by atoms with Crippen LogP contribution < -0.4 is 5.73 Å². The molecule has 0 bridgehead atoms. The molecule has 0 radical (unpaired) electrons. The van der Waals surface area contributed by atoms with Crippen LogP contribution in [0, 0.1) is 5.82 Å². The summed E-state index contributed by atoms with van der Waals surface area (Å²) >= 11 is 1.38. The molecule has 0 amide bonds. The van der Waals surface area contributed by atoms with Crippen LogP contribution in [0.15, 0.2) is 29.2 Å². The van der Waals surface area contributed by atoms with Crippen LogP contribution in [0.5, 0.6) is 0 Å². The molecule has 2 aromatic rings. The van der Waals surface area contributed by atoms with Crippen LogP contribution in [-0.2, 0) is 0 Å². The fourth-order valence-corrected chi connectivity index (χ4v) is 1.78. The third-order valence-corrected chi connectivity index (χ3v) is 2.83. The fourth-order valence-electron chi connectivity index (χ4n) is 1.32. The normalized spacial score (nSPS) is 10.5. The van der Waals surface area contributed by atoms with Crippen molar-refractivity contribution in [2.75, 3.05) is 12.0 Å². The van der Waals surface area contributed by atoms with Crippen LogP contribution in [0.4, 0.5) is 10.2 Å². The van der Waals surface area contributed by atoms with Gasteiger partial charge in [-0.25, -0.2) is 4.39 Å². The highest BCUT2D eigenvalue weighted by molar-refractivity contribution is 7.98. The topological polar surface area (TPSA) is 54.7 Å². The number of thioether (sulfide) groups is 1. The Morgan fingerprint density at radius 1 is 1.40 bits per heavy atom. The predicted molar refractivity (Wildman–Crippen MR) is 60.2 cm³/mol. The molecule has 0 saturated carbocycles. The van der Waals surface area contributed by atoms with E-state index in [0.29, 0.717) is 10.7 Å². The van der Waals surface area contributed by atoms with Gasteiger partial charge in [-0.1, -0.05) is 6.07 Å². The largest absolute Gasteiger partial charge is 0.382 e. The second-order valence-corrected chi connectivity index (χ2v) is 3.90. The summed E-state index contributed by atoms with van der Waals surface area (Å²) in [7, 11) is 0. The molecular formula is C10H10FN3S. The van der Waals surface area contributed by atoms with Crippen LogP contribution in [-0.4, -0.2) is 16.5 Å². The van der Waals surface area contributed by atoms with Crippen molar-refractivity contribution >= 4 is 17.6 Å². The van der Waals surface area contributed by atoms with Crippen LogP contribution in [0.1, 0.15) is 0 Å². The Labute approximate surface area is 90.9 Å². The number of hydrogen-bond donors (Lipinski definition) is 2. The molecule has 0 fully saturated rings. The Bertz CT molecular complexity index is 481. The number of nitrogens with zero attached hydrogens (tertiary/aromatic N) is 1. The number of anilines is 1. The van der Waals surface area contributed by atoms with Gasteiger partial charge in [0.15, 0.2) is 0 Å². The lowest BCUT2D eigenvalue weighted by atomic mass is 10.1. The van der Waals surface area contributed by atoms with Crippen molar-refractivity contribution in [2.24, 2.45) is 0 Å². The minimum Gasteiger partial charge on any atom is -0.382 e. The summed E-state index contributed by atoms with van der Waals surface area (Å²) in [6.07, 6.45) is 1.84. The number of rotatable bonds is 2. The molecule has 0 saturated heterocycles. The molecule has 0 aliphatic rings. The Morgan fingerprint density at radius 2 is 2.20 bits per heavy atom. The predicted octanol–water partition coefficient (Wildman–Crippen LogP) is 2.52. The average Bonchev–Trinajstić information content (AvgIpc) is 2.65. The monoisotopic (exact) mass is 223 g/mol. The summed E-state index contributed by atoms with van der Waals surface area (Å²) in [6, 6.07) is 6.72. The second kappa shape index (κ2) is 3.94. The van der Waals surface area contributed by atoms with Crippen LogP contribution >= 0.6 is 11.8 Å². The molecule has 1 aromatic carbocycles. The molecule has 0 unspecified atom stereocenters. The van der Waals surface area contributed by atoms with Crippen molar-refractivity contribution in [3.8, 4) is 11.3 Å². The van der Waals surface area contributed by atoms with Crippen molar-refractivity contribution in [1.29, 1.82) is 0 Å². The highest BCUT2D eigenvalue weighted by Gasteiger charge is 2.05. The van der Waals surface area contributed by atoms with Gasteiger partial charge in [0.25, 0.3) is 0 Å². The first-order valence-electron chi connectivity index (χ1n) is 4.35. The fraction of sp³-hybridized carbons (Fsp3) is 0.100. The van der Waals surface area contributed by atoms with Gasteiger partial charge in [-0.05, 0) is 18.4 Å². The maximum Gasteiger partial charge on any atom is 0.145 e. The highest BCUT2D eigenvalue weighted by Crippen LogP contribution is 2.25. The Morgan fingerprint density at radius 3 is 2.73 bits per heavy atom. The number of benzene rings is 1. The molecule has 1 aromatic heterocycles. The average molecular weight is 223 g/mol. The molecule has 78 valence electrons. The van der Waals surface area contributed by atoms with E-state index in [9.17, 15) is 4.39 Å². The van der Waals surface area contributed by atoms with E-state index in [1.807, 2.05) is 12.3 Å². The van der Waals surface area contributed by atoms with Gasteiger partial charge in [0, 0.05) is 16.5 Å². The van der Waals surface area contributed by atoms with E-state index in [1.54, 1.807) is 12.1 Å². The molecule has 3 N–H and O–H groups in total. The molecule has 0 aliphatic heterocycles. The minimum absolute atomic E-state index is 0.229. The number of nitrogens with two attached hydrogens (primary N) is 1. The molecule has 0 aliphatic carbocycles. The van der Waals surface area contributed by atoms with Crippen molar-refractivity contribution in [3.63, 3.8) is 0 Å². The molecule has 1 heterocycles. The molecule has 2 rings (SSSR count). The summed E-state index contributed by atoms with van der Waals surface area (Å²) < 4.78 is 13.5. The number of nitrogen functional groups attached to an aromatic ring is 1. The molecule has 0 atom stereocenters. The zero-order valence-electron chi connectivity index (χ0n) is 8.12. The van der Waals surface area contributed by atoms with Gasteiger partial charge in [0.2, 0.25) is 0 Å². The summed E-state index contributed by atoms with van der Waals surface area (Å²) in [5.74, 6) is 0.174. The molecule has 0 spiro atoms. The van der Waals surface area contributed by atoms with Gasteiger partial charge in [0.05, 0.1) is 5.69 Å². The lowest BCUT2D eigenvalue weighted by Crippen LogP contribution is -1.83. The maximum atomic E-state index is 13.5. The van der Waals surface area contributed by atoms with E-state index >= 15 is 0 Å². The van der Waals surface area contributed by atoms with Crippen molar-refractivity contribution < 1.29 is 4.39 Å². The van der Waals surface area contributed by atoms with Crippen molar-refractivity contribution in [3.05, 3.63) is 30.1 Å². The van der Waals surface area contributed by atoms with Gasteiger partial charge in [0.1, 0.15) is 11.6 Å². The van der Waals surface area contributed by atoms with Gasteiger partial charge in [-0.2, -0.15) is 5.10 Å². The van der Waals surface area contributed by atoms with Gasteiger partial charge in [-0.3, -0.25) is 5.10 Å². The Balaban J connectivity index is 2.42. The van der Waals surface area contributed by atoms with Gasteiger partial charge in [-0.15, -0.1) is 11.8 Å². The summed E-state index contributed by atoms with van der Waals surface area (Å²) in [4.78, 5) is 0.631. The van der Waals surface area contributed by atoms with E-state index < -0.39 is 0 Å². The van der Waals surface area contributed by atoms with Gasteiger partial charge >= 0.3 is 0 Å². The Kier molecular flexibility index (Phi) is 2.64. The number of aromatic nitrogens is 2. The second-order valence-electron chi connectivity index (χ2n) is 3.06. The third kappa shape index (κ3) is 1.97. The zero-order chi connectivity index (χ0) is 10.8. The lowest BCUT2D eigenvalue weighted by Gasteiger charge is -2.01. The van der Waals surface area contributed by atoms with Crippen molar-refractivity contribution in [1.82, 2.24) is 10.2 Å². The van der Waals surface area contributed by atoms with E-state index in [-0.39, 0.29) is 5.82 Å². The molecular weight excluding hydrogens is 213 g/mol. The zero-order valence-corrected chi connectivity index (χ0v) is 8.94. The first-order valence-corrected chi connectivity index (χ1v) is 5.58. The number of nitrogens with one attached hydrogen (secondary N) is 1. The highest BCUT2D eigenvalue weighted by atomic mass is 32.2. The summed E-state index contributed by atoms with van der Waals surface area (Å²) in [5, 5.41) is 6.53. The first kappa shape index (κ1) is 10.0. The van der Waals surface area contributed by atoms with E-state index in [2.05, 4.69) is 10.2 Å². The number of aromatic amines is 1. The minimum atomic E-state index is -0.229. The van der Waals surface area contributed by atoms with E-state index in [0.717, 1.165) is 11.3 Å². The first-order chi connectivity index (χ1) is 7.20. The van der Waals surface area contributed by atoms with Gasteiger partial charge < -0.3 is 5.73 Å². The van der Waals surface area contributed by atoms with E-state index in [1.165, 1.54) is 17.8 Å². The number of H-pyrrole nitrogens is 1. The number of halogens is 1. The molecule has 15 heavy (non-hydrogen) atoms. The van der Waals surface area contributed by atoms with E-state index in [4.69, 9.17) is 5.73 Å². The van der Waals surface area contributed by atoms with Crippen LogP contribution in [0.2, 0.25) is 0 Å². The molecule has 5 heteroatoms. The van der Waals surface area contributed by atoms with Crippen LogP contribution in [0.3, 0.4) is 0 Å². The van der Waals surface area contributed by atoms with Crippen molar-refractivity contribution in [2.45, 2.75) is 4.90 Å². The number of hydrogen-bond acceptors (Lipinski definition) is 3. The molecule has 3 nitrogen and oxygen atoms in total. The Hall–Kier alpha value is -1.49. The van der Waals surface area contributed by atoms with Crippen LogP contribution in [0.25, 0.3) is 11.3 Å². The lowest BCUT2D eigenvalue weighted by molar-refractivity contribution is 0.602.